The molecule has 162 valence electrons. The molecule has 3 aliphatic heterocycles. The lowest BCUT2D eigenvalue weighted by atomic mass is 9.82. The first-order chi connectivity index (χ1) is 14.7. The highest BCUT2D eigenvalue weighted by atomic mass is 16.3. The van der Waals surface area contributed by atoms with Crippen LogP contribution in [0.2, 0.25) is 0 Å². The van der Waals surface area contributed by atoms with E-state index in [1.165, 1.54) is 5.56 Å². The molecule has 5 N–H and O–H groups in total. The number of piperidine rings is 1. The fraction of sp³-hybridized carbons (Fsp3) is 0.619. The lowest BCUT2D eigenvalue weighted by Gasteiger charge is -2.35. The molecule has 5 unspecified atom stereocenters. The van der Waals surface area contributed by atoms with E-state index in [9.17, 15) is 5.11 Å². The molecule has 5 atom stereocenters. The average molecular weight is 413 g/mol. The van der Waals surface area contributed by atoms with Crippen molar-refractivity contribution in [1.82, 2.24) is 36.2 Å². The first-order valence-corrected chi connectivity index (χ1v) is 11.1. The molecule has 0 aliphatic carbocycles. The number of aliphatic hydroxyl groups excluding tert-OH is 1. The summed E-state index contributed by atoms with van der Waals surface area (Å²) in [6.45, 7) is 6.63. The second kappa shape index (κ2) is 8.60. The fourth-order valence-corrected chi connectivity index (χ4v) is 5.00. The van der Waals surface area contributed by atoms with Gasteiger partial charge in [-0.2, -0.15) is 5.10 Å². The fourth-order valence-electron chi connectivity index (χ4n) is 5.00. The predicted molar refractivity (Wildman–Crippen MR) is 115 cm³/mol. The van der Waals surface area contributed by atoms with Crippen LogP contribution in [-0.4, -0.2) is 64.7 Å². The summed E-state index contributed by atoms with van der Waals surface area (Å²) >= 11 is 0. The van der Waals surface area contributed by atoms with Crippen molar-refractivity contribution in [2.45, 2.75) is 44.1 Å². The minimum absolute atomic E-state index is 0.106. The number of pyridine rings is 1. The number of fused-ring (bicyclic) bond motifs is 1. The Morgan fingerprint density at radius 3 is 3.00 bits per heavy atom. The van der Waals surface area contributed by atoms with Crippen LogP contribution in [-0.2, 0) is 6.54 Å². The summed E-state index contributed by atoms with van der Waals surface area (Å²) < 4.78 is 1.99. The Kier molecular flexibility index (Phi) is 5.70. The Morgan fingerprint density at radius 2 is 2.17 bits per heavy atom. The summed E-state index contributed by atoms with van der Waals surface area (Å²) in [5.41, 5.74) is 9.33. The SMILES string of the molecule is CCn1cc(C2CC3C(CN2)NNC3c2cccc(N3CCNC(CO)C3)n2)cn1. The molecular formula is C21H32N8O. The van der Waals surface area contributed by atoms with Gasteiger partial charge >= 0.3 is 0 Å². The zero-order valence-corrected chi connectivity index (χ0v) is 17.5. The quantitative estimate of drug-likeness (QED) is 0.466. The number of aromatic nitrogens is 3. The van der Waals surface area contributed by atoms with E-state index < -0.39 is 0 Å². The highest BCUT2D eigenvalue weighted by molar-refractivity contribution is 5.41. The van der Waals surface area contributed by atoms with Crippen molar-refractivity contribution >= 4 is 5.82 Å². The van der Waals surface area contributed by atoms with Gasteiger partial charge in [0.15, 0.2) is 0 Å². The number of aliphatic hydroxyl groups is 1. The Hall–Kier alpha value is -2.04. The molecule has 0 bridgehead atoms. The molecule has 30 heavy (non-hydrogen) atoms. The number of anilines is 1. The van der Waals surface area contributed by atoms with Gasteiger partial charge in [-0.15, -0.1) is 0 Å². The largest absolute Gasteiger partial charge is 0.395 e. The molecule has 3 fully saturated rings. The molecule has 2 aromatic heterocycles. The number of rotatable bonds is 5. The summed E-state index contributed by atoms with van der Waals surface area (Å²) in [7, 11) is 0. The van der Waals surface area contributed by atoms with Crippen LogP contribution in [0, 0.1) is 5.92 Å². The van der Waals surface area contributed by atoms with Crippen molar-refractivity contribution in [2.24, 2.45) is 5.92 Å². The van der Waals surface area contributed by atoms with Gasteiger partial charge in [0.25, 0.3) is 0 Å². The van der Waals surface area contributed by atoms with Gasteiger partial charge in [-0.05, 0) is 25.5 Å². The van der Waals surface area contributed by atoms with Crippen molar-refractivity contribution in [3.63, 3.8) is 0 Å². The van der Waals surface area contributed by atoms with E-state index in [0.29, 0.717) is 18.0 Å². The maximum atomic E-state index is 9.51. The monoisotopic (exact) mass is 412 g/mol. The summed E-state index contributed by atoms with van der Waals surface area (Å²) in [5, 5.41) is 21.0. The molecule has 5 rings (SSSR count). The third-order valence-electron chi connectivity index (χ3n) is 6.72. The van der Waals surface area contributed by atoms with Gasteiger partial charge in [0.2, 0.25) is 0 Å². The van der Waals surface area contributed by atoms with Gasteiger partial charge in [0.1, 0.15) is 5.82 Å². The first kappa shape index (κ1) is 19.9. The molecule has 3 aliphatic rings. The smallest absolute Gasteiger partial charge is 0.128 e. The van der Waals surface area contributed by atoms with Crippen molar-refractivity contribution in [2.75, 3.05) is 37.7 Å². The Balaban J connectivity index is 1.33. The minimum Gasteiger partial charge on any atom is -0.395 e. The summed E-state index contributed by atoms with van der Waals surface area (Å²) in [6, 6.07) is 7.29. The lowest BCUT2D eigenvalue weighted by Crippen LogP contribution is -2.52. The van der Waals surface area contributed by atoms with Gasteiger partial charge < -0.3 is 20.6 Å². The van der Waals surface area contributed by atoms with E-state index in [1.54, 1.807) is 0 Å². The molecule has 0 radical (unpaired) electrons. The maximum Gasteiger partial charge on any atom is 0.128 e. The van der Waals surface area contributed by atoms with E-state index in [1.807, 2.05) is 10.9 Å². The number of nitrogens with one attached hydrogen (secondary N) is 4. The molecule has 5 heterocycles. The van der Waals surface area contributed by atoms with Crippen LogP contribution in [0.5, 0.6) is 0 Å². The zero-order chi connectivity index (χ0) is 20.5. The number of hydrogen-bond acceptors (Lipinski definition) is 8. The Labute approximate surface area is 177 Å². The highest BCUT2D eigenvalue weighted by Gasteiger charge is 2.42. The highest BCUT2D eigenvalue weighted by Crippen LogP contribution is 2.38. The van der Waals surface area contributed by atoms with Crippen LogP contribution in [0.25, 0.3) is 0 Å². The van der Waals surface area contributed by atoms with Crippen molar-refractivity contribution in [1.29, 1.82) is 0 Å². The van der Waals surface area contributed by atoms with E-state index in [2.05, 4.69) is 62.8 Å². The van der Waals surface area contributed by atoms with E-state index in [4.69, 9.17) is 4.98 Å². The third kappa shape index (κ3) is 3.83. The zero-order valence-electron chi connectivity index (χ0n) is 17.5. The second-order valence-electron chi connectivity index (χ2n) is 8.56. The summed E-state index contributed by atoms with van der Waals surface area (Å²) in [6.07, 6.45) is 5.19. The number of hydrazine groups is 1. The number of hydrogen-bond donors (Lipinski definition) is 5. The van der Waals surface area contributed by atoms with E-state index in [0.717, 1.165) is 50.7 Å². The normalized spacial score (nSPS) is 31.7. The molecule has 0 aromatic carbocycles. The van der Waals surface area contributed by atoms with Gasteiger partial charge in [-0.25, -0.2) is 10.4 Å². The Morgan fingerprint density at radius 1 is 1.23 bits per heavy atom. The van der Waals surface area contributed by atoms with Crippen LogP contribution in [0.4, 0.5) is 5.82 Å². The topological polar surface area (TPSA) is 102 Å². The van der Waals surface area contributed by atoms with Crippen LogP contribution < -0.4 is 26.4 Å². The molecule has 2 aromatic rings. The first-order valence-electron chi connectivity index (χ1n) is 11.1. The molecule has 9 heteroatoms. The van der Waals surface area contributed by atoms with Crippen LogP contribution in [0.1, 0.15) is 36.7 Å². The van der Waals surface area contributed by atoms with Crippen molar-refractivity contribution in [3.8, 4) is 0 Å². The summed E-state index contributed by atoms with van der Waals surface area (Å²) in [4.78, 5) is 7.30. The van der Waals surface area contributed by atoms with Crippen molar-refractivity contribution < 1.29 is 5.11 Å². The minimum atomic E-state index is 0.106. The molecular weight excluding hydrogens is 380 g/mol. The van der Waals surface area contributed by atoms with Gasteiger partial charge in [-0.1, -0.05) is 6.07 Å². The standard InChI is InChI=1S/C21H32N8O/c1-2-29-11-14(9-24-29)18-8-16-19(10-23-18)26-27-21(16)17-4-3-5-20(25-17)28-7-6-22-15(12-28)13-30/h3-5,9,11,15-16,18-19,21-23,26-27,30H,2,6-8,10,12-13H2,1H3. The predicted octanol–water partition coefficient (Wildman–Crippen LogP) is -0.0632. The molecule has 0 spiro atoms. The van der Waals surface area contributed by atoms with Crippen LogP contribution >= 0.6 is 0 Å². The van der Waals surface area contributed by atoms with Crippen LogP contribution in [0.3, 0.4) is 0 Å². The lowest BCUT2D eigenvalue weighted by molar-refractivity contribution is 0.235. The number of piperazine rings is 1. The van der Waals surface area contributed by atoms with Crippen LogP contribution in [0.15, 0.2) is 30.6 Å². The van der Waals surface area contributed by atoms with E-state index in [-0.39, 0.29) is 18.7 Å². The number of nitrogens with zero attached hydrogens (tertiary/aromatic N) is 4. The molecule has 9 nitrogen and oxygen atoms in total. The van der Waals surface area contributed by atoms with Gasteiger partial charge in [-0.3, -0.25) is 10.1 Å². The molecule has 3 saturated heterocycles. The Bertz CT molecular complexity index is 857. The average Bonchev–Trinajstić information content (AvgIpc) is 3.46. The molecule has 0 amide bonds. The second-order valence-corrected chi connectivity index (χ2v) is 8.56. The van der Waals surface area contributed by atoms with Gasteiger partial charge in [0.05, 0.1) is 24.5 Å². The van der Waals surface area contributed by atoms with E-state index >= 15 is 0 Å². The number of aryl methyl sites for hydroxylation is 1. The van der Waals surface area contributed by atoms with Crippen molar-refractivity contribution in [3.05, 3.63) is 41.9 Å². The maximum absolute atomic E-state index is 9.51. The third-order valence-corrected chi connectivity index (χ3v) is 6.72. The molecule has 0 saturated carbocycles. The van der Waals surface area contributed by atoms with Gasteiger partial charge in [0, 0.05) is 68.5 Å². The summed E-state index contributed by atoms with van der Waals surface area (Å²) in [5.74, 6) is 1.45.